The number of nitrogens with zero attached hydrogens (tertiary/aromatic N) is 4. The lowest BCUT2D eigenvalue weighted by Crippen LogP contribution is -2.57. The van der Waals surface area contributed by atoms with Gasteiger partial charge in [-0.25, -0.2) is 9.97 Å². The zero-order valence-corrected chi connectivity index (χ0v) is 15.6. The van der Waals surface area contributed by atoms with E-state index in [-0.39, 0.29) is 0 Å². The number of amides is 1. The third-order valence-electron chi connectivity index (χ3n) is 6.19. The van der Waals surface area contributed by atoms with E-state index in [4.69, 9.17) is 4.74 Å². The van der Waals surface area contributed by atoms with E-state index < -0.39 is 0 Å². The predicted molar refractivity (Wildman–Crippen MR) is 99.2 cm³/mol. The Kier molecular flexibility index (Phi) is 5.24. The van der Waals surface area contributed by atoms with E-state index >= 15 is 0 Å². The molecular formula is C19H29N5O2. The fraction of sp³-hybridized carbons (Fsp3) is 0.737. The molecule has 3 saturated heterocycles. The van der Waals surface area contributed by atoms with Gasteiger partial charge in [0.1, 0.15) is 0 Å². The monoisotopic (exact) mass is 359 g/mol. The summed E-state index contributed by atoms with van der Waals surface area (Å²) in [5.74, 6) is 2.99. The number of nitrogens with one attached hydrogen (secondary N) is 1. The molecule has 3 aliphatic rings. The first-order valence-corrected chi connectivity index (χ1v) is 9.86. The van der Waals surface area contributed by atoms with Gasteiger partial charge >= 0.3 is 0 Å². The Morgan fingerprint density at radius 1 is 1.19 bits per heavy atom. The highest BCUT2D eigenvalue weighted by molar-refractivity contribution is 5.77. The van der Waals surface area contributed by atoms with Gasteiger partial charge in [0.15, 0.2) is 5.75 Å². The normalized spacial score (nSPS) is 27.3. The van der Waals surface area contributed by atoms with Gasteiger partial charge in [0.2, 0.25) is 11.9 Å². The van der Waals surface area contributed by atoms with Crippen LogP contribution in [0.3, 0.4) is 0 Å². The zero-order chi connectivity index (χ0) is 17.9. The van der Waals surface area contributed by atoms with Crippen molar-refractivity contribution in [3.63, 3.8) is 0 Å². The van der Waals surface area contributed by atoms with Crippen molar-refractivity contribution in [3.8, 4) is 5.75 Å². The number of hydrogen-bond acceptors (Lipinski definition) is 6. The van der Waals surface area contributed by atoms with E-state index in [0.717, 1.165) is 51.5 Å². The van der Waals surface area contributed by atoms with Crippen LogP contribution in [0.5, 0.6) is 5.75 Å². The summed E-state index contributed by atoms with van der Waals surface area (Å²) in [5.41, 5.74) is 0. The summed E-state index contributed by atoms with van der Waals surface area (Å²) < 4.78 is 5.15. The standard InChI is InChI=1S/C19H29N5O2/c1-26-16-10-21-19(22-11-16)23-9-6-17-15(13-23)2-3-18(25)24(17)12-14-4-7-20-8-5-14/h10-11,14-15,17,20H,2-9,12-13H2,1H3/t15-,17+/m0/s1. The van der Waals surface area contributed by atoms with E-state index in [1.54, 1.807) is 19.5 Å². The highest BCUT2D eigenvalue weighted by Gasteiger charge is 2.40. The van der Waals surface area contributed by atoms with Gasteiger partial charge < -0.3 is 19.9 Å². The van der Waals surface area contributed by atoms with E-state index in [0.29, 0.717) is 36.0 Å². The van der Waals surface area contributed by atoms with Crippen LogP contribution in [0.2, 0.25) is 0 Å². The molecule has 1 aromatic rings. The van der Waals surface area contributed by atoms with E-state index in [1.807, 2.05) is 0 Å². The number of anilines is 1. The molecular weight excluding hydrogens is 330 g/mol. The van der Waals surface area contributed by atoms with Gasteiger partial charge in [-0.3, -0.25) is 4.79 Å². The Morgan fingerprint density at radius 2 is 1.96 bits per heavy atom. The molecule has 1 amide bonds. The number of piperidine rings is 3. The average molecular weight is 359 g/mol. The summed E-state index contributed by atoms with van der Waals surface area (Å²) in [5, 5.41) is 3.42. The predicted octanol–water partition coefficient (Wildman–Crippen LogP) is 1.30. The minimum absolute atomic E-state index is 0.360. The molecule has 4 rings (SSSR count). The fourth-order valence-corrected chi connectivity index (χ4v) is 4.69. The van der Waals surface area contributed by atoms with E-state index in [2.05, 4.69) is 25.1 Å². The maximum atomic E-state index is 12.6. The first kappa shape index (κ1) is 17.5. The number of aromatic nitrogens is 2. The molecule has 7 heteroatoms. The van der Waals surface area contributed by atoms with Gasteiger partial charge in [-0.1, -0.05) is 0 Å². The Morgan fingerprint density at radius 3 is 2.69 bits per heavy atom. The summed E-state index contributed by atoms with van der Waals surface area (Å²) >= 11 is 0. The topological polar surface area (TPSA) is 70.6 Å². The van der Waals surface area contributed by atoms with Crippen molar-refractivity contribution >= 4 is 11.9 Å². The lowest BCUT2D eigenvalue weighted by atomic mass is 9.82. The lowest BCUT2D eigenvalue weighted by molar-refractivity contribution is -0.140. The number of ether oxygens (including phenoxy) is 1. The van der Waals surface area contributed by atoms with Crippen LogP contribution in [0.4, 0.5) is 5.95 Å². The summed E-state index contributed by atoms with van der Waals surface area (Å²) in [6.07, 6.45) is 8.50. The van der Waals surface area contributed by atoms with Gasteiger partial charge in [0, 0.05) is 32.1 Å². The van der Waals surface area contributed by atoms with Gasteiger partial charge in [-0.2, -0.15) is 0 Å². The molecule has 0 aromatic carbocycles. The summed E-state index contributed by atoms with van der Waals surface area (Å²) in [4.78, 5) is 26.0. The zero-order valence-electron chi connectivity index (χ0n) is 15.6. The van der Waals surface area contributed by atoms with Crippen molar-refractivity contribution in [2.24, 2.45) is 11.8 Å². The highest BCUT2D eigenvalue weighted by Crippen LogP contribution is 2.33. The number of fused-ring (bicyclic) bond motifs is 1. The quantitative estimate of drug-likeness (QED) is 0.874. The number of hydrogen-bond donors (Lipinski definition) is 1. The second-order valence-corrected chi connectivity index (χ2v) is 7.76. The molecule has 1 aromatic heterocycles. The van der Waals surface area contributed by atoms with Crippen LogP contribution in [0.25, 0.3) is 0 Å². The summed E-state index contributed by atoms with van der Waals surface area (Å²) in [6.45, 7) is 4.96. The number of carbonyl (C=O) groups is 1. The Hall–Kier alpha value is -1.89. The third-order valence-corrected chi connectivity index (χ3v) is 6.19. The molecule has 26 heavy (non-hydrogen) atoms. The fourth-order valence-electron chi connectivity index (χ4n) is 4.69. The molecule has 0 unspecified atom stereocenters. The first-order valence-electron chi connectivity index (χ1n) is 9.86. The van der Waals surface area contributed by atoms with Crippen molar-refractivity contribution in [2.75, 3.05) is 44.7 Å². The molecule has 3 fully saturated rings. The second kappa shape index (κ2) is 7.78. The van der Waals surface area contributed by atoms with E-state index in [1.165, 1.54) is 12.8 Å². The number of rotatable bonds is 4. The minimum atomic E-state index is 0.360. The molecule has 7 nitrogen and oxygen atoms in total. The van der Waals surface area contributed by atoms with Crippen LogP contribution in [0.1, 0.15) is 32.1 Å². The lowest BCUT2D eigenvalue weighted by Gasteiger charge is -2.48. The van der Waals surface area contributed by atoms with Crippen LogP contribution in [0, 0.1) is 11.8 Å². The highest BCUT2D eigenvalue weighted by atomic mass is 16.5. The molecule has 3 aliphatic heterocycles. The van der Waals surface area contributed by atoms with Crippen LogP contribution >= 0.6 is 0 Å². The van der Waals surface area contributed by atoms with Crippen LogP contribution in [0.15, 0.2) is 12.4 Å². The third kappa shape index (κ3) is 3.63. The summed E-state index contributed by atoms with van der Waals surface area (Å²) in [6, 6.07) is 0.389. The maximum Gasteiger partial charge on any atom is 0.225 e. The van der Waals surface area contributed by atoms with Crippen molar-refractivity contribution < 1.29 is 9.53 Å². The second-order valence-electron chi connectivity index (χ2n) is 7.76. The Bertz CT molecular complexity index is 617. The Balaban J connectivity index is 1.41. The van der Waals surface area contributed by atoms with Crippen LogP contribution in [-0.4, -0.2) is 66.7 Å². The number of methoxy groups -OCH3 is 1. The first-order chi connectivity index (χ1) is 12.7. The van der Waals surface area contributed by atoms with Crippen molar-refractivity contribution in [3.05, 3.63) is 12.4 Å². The van der Waals surface area contributed by atoms with Crippen LogP contribution in [-0.2, 0) is 4.79 Å². The van der Waals surface area contributed by atoms with Crippen LogP contribution < -0.4 is 15.0 Å². The van der Waals surface area contributed by atoms with Gasteiger partial charge in [-0.05, 0) is 50.6 Å². The minimum Gasteiger partial charge on any atom is -0.494 e. The molecule has 0 radical (unpaired) electrons. The molecule has 1 N–H and O–H groups in total. The SMILES string of the molecule is COc1cnc(N2CC[C@@H]3[C@@H](CCC(=O)N3CC3CCNCC3)C2)nc1. The van der Waals surface area contributed by atoms with Gasteiger partial charge in [0.25, 0.3) is 0 Å². The number of carbonyl (C=O) groups excluding carboxylic acids is 1. The molecule has 0 bridgehead atoms. The van der Waals surface area contributed by atoms with Crippen molar-refractivity contribution in [2.45, 2.75) is 38.1 Å². The Labute approximate surface area is 155 Å². The smallest absolute Gasteiger partial charge is 0.225 e. The summed E-state index contributed by atoms with van der Waals surface area (Å²) in [7, 11) is 1.62. The van der Waals surface area contributed by atoms with E-state index in [9.17, 15) is 4.79 Å². The largest absolute Gasteiger partial charge is 0.494 e. The molecule has 142 valence electrons. The molecule has 4 heterocycles. The maximum absolute atomic E-state index is 12.6. The van der Waals surface area contributed by atoms with Crippen molar-refractivity contribution in [1.82, 2.24) is 20.2 Å². The molecule has 0 aliphatic carbocycles. The van der Waals surface area contributed by atoms with Gasteiger partial charge in [-0.15, -0.1) is 0 Å². The molecule has 0 saturated carbocycles. The molecule has 0 spiro atoms. The van der Waals surface area contributed by atoms with Crippen molar-refractivity contribution in [1.29, 1.82) is 0 Å². The van der Waals surface area contributed by atoms with Gasteiger partial charge in [0.05, 0.1) is 19.5 Å². The molecule has 2 atom stereocenters. The average Bonchev–Trinajstić information content (AvgIpc) is 2.71. The number of likely N-dealkylation sites (tertiary alicyclic amines) is 1.